The highest BCUT2D eigenvalue weighted by Crippen LogP contribution is 2.35. The highest BCUT2D eigenvalue weighted by Gasteiger charge is 2.39. The maximum absolute atomic E-state index is 12.9. The van der Waals surface area contributed by atoms with E-state index >= 15 is 0 Å². The lowest BCUT2D eigenvalue weighted by Crippen LogP contribution is -2.52. The first-order valence-corrected chi connectivity index (χ1v) is 10.3. The molecule has 5 rings (SSSR count). The number of pyridine rings is 1. The lowest BCUT2D eigenvalue weighted by molar-refractivity contribution is -0.136. The van der Waals surface area contributed by atoms with Gasteiger partial charge in [-0.15, -0.1) is 0 Å². The fourth-order valence-corrected chi connectivity index (χ4v) is 4.43. The Morgan fingerprint density at radius 1 is 1.00 bits per heavy atom. The average Bonchev–Trinajstić information content (AvgIpc) is 3.30. The number of aryl methyl sites for hydroxylation is 2. The summed E-state index contributed by atoms with van der Waals surface area (Å²) in [7, 11) is 3.51. The van der Waals surface area contributed by atoms with Crippen molar-refractivity contribution in [2.45, 2.75) is 25.4 Å². The molecule has 1 fully saturated rings. The van der Waals surface area contributed by atoms with Crippen LogP contribution in [0.25, 0.3) is 22.4 Å². The Labute approximate surface area is 183 Å². The third-order valence-corrected chi connectivity index (χ3v) is 6.15. The molecule has 9 heteroatoms. The molecule has 0 saturated carbocycles. The van der Waals surface area contributed by atoms with Gasteiger partial charge in [-0.2, -0.15) is 5.10 Å². The van der Waals surface area contributed by atoms with Gasteiger partial charge in [0, 0.05) is 56.0 Å². The van der Waals surface area contributed by atoms with Crippen molar-refractivity contribution in [3.63, 3.8) is 0 Å². The Morgan fingerprint density at radius 2 is 1.81 bits per heavy atom. The molecule has 0 unspecified atom stereocenters. The zero-order valence-electron chi connectivity index (χ0n) is 17.7. The minimum Gasteiger partial charge on any atom is -0.322 e. The normalized spacial score (nSPS) is 18.1. The van der Waals surface area contributed by atoms with Crippen LogP contribution in [0.4, 0.5) is 0 Å². The van der Waals surface area contributed by atoms with Gasteiger partial charge in [-0.3, -0.25) is 29.2 Å². The zero-order valence-corrected chi connectivity index (χ0v) is 17.7. The molecule has 162 valence electrons. The number of nitrogens with one attached hydrogen (secondary N) is 1. The van der Waals surface area contributed by atoms with Crippen LogP contribution in [-0.4, -0.2) is 43.0 Å². The lowest BCUT2D eigenvalue weighted by Gasteiger charge is -2.29. The monoisotopic (exact) mass is 431 g/mol. The zero-order chi connectivity index (χ0) is 22.6. The van der Waals surface area contributed by atoms with Crippen molar-refractivity contribution in [1.29, 1.82) is 0 Å². The van der Waals surface area contributed by atoms with Crippen LogP contribution in [0.3, 0.4) is 0 Å². The number of hydrogen-bond donors (Lipinski definition) is 1. The Hall–Kier alpha value is -4.01. The van der Waals surface area contributed by atoms with E-state index in [-0.39, 0.29) is 23.8 Å². The summed E-state index contributed by atoms with van der Waals surface area (Å²) in [5.74, 6) is -0.945. The van der Waals surface area contributed by atoms with Crippen molar-refractivity contribution in [1.82, 2.24) is 24.6 Å². The number of nitrogens with zero attached hydrogens (tertiary/aromatic N) is 4. The van der Waals surface area contributed by atoms with Crippen molar-refractivity contribution < 1.29 is 14.4 Å². The molecular weight excluding hydrogens is 410 g/mol. The van der Waals surface area contributed by atoms with E-state index in [0.29, 0.717) is 18.5 Å². The number of benzene rings is 1. The number of hydrogen-bond acceptors (Lipinski definition) is 5. The predicted octanol–water partition coefficient (Wildman–Crippen LogP) is 1.21. The standard InChI is InChI=1S/C23H21N5O4/c1-26-8-7-14(10-20(26)30)21-17(11-24-27(21)2)13-3-4-16-15(9-13)12-28(23(16)32)18-5-6-19(29)25-22(18)31/h3-4,7-11,18H,5-6,12H2,1-2H3,(H,25,29,31)/t18-/m0/s1. The van der Waals surface area contributed by atoms with Crippen LogP contribution in [0.15, 0.2) is 47.5 Å². The van der Waals surface area contributed by atoms with Crippen LogP contribution in [0.2, 0.25) is 0 Å². The van der Waals surface area contributed by atoms with Crippen LogP contribution in [0, 0.1) is 0 Å². The molecule has 4 heterocycles. The molecular formula is C23H21N5O4. The molecule has 3 amide bonds. The summed E-state index contributed by atoms with van der Waals surface area (Å²) < 4.78 is 3.22. The first kappa shape index (κ1) is 19.9. The predicted molar refractivity (Wildman–Crippen MR) is 115 cm³/mol. The number of rotatable bonds is 3. The van der Waals surface area contributed by atoms with E-state index in [1.165, 1.54) is 9.47 Å². The molecule has 32 heavy (non-hydrogen) atoms. The largest absolute Gasteiger partial charge is 0.322 e. The molecule has 3 aromatic rings. The van der Waals surface area contributed by atoms with Crippen LogP contribution >= 0.6 is 0 Å². The fraction of sp³-hybridized carbons (Fsp3) is 0.261. The first-order valence-electron chi connectivity index (χ1n) is 10.3. The van der Waals surface area contributed by atoms with Gasteiger partial charge < -0.3 is 9.47 Å². The van der Waals surface area contributed by atoms with E-state index < -0.39 is 11.9 Å². The third kappa shape index (κ3) is 3.13. The van der Waals surface area contributed by atoms with E-state index in [4.69, 9.17) is 0 Å². The van der Waals surface area contributed by atoms with Crippen molar-refractivity contribution in [2.75, 3.05) is 0 Å². The van der Waals surface area contributed by atoms with E-state index in [1.807, 2.05) is 25.2 Å². The number of amides is 3. The van der Waals surface area contributed by atoms with Crippen LogP contribution in [0.5, 0.6) is 0 Å². The number of carbonyl (C=O) groups is 3. The Bertz CT molecular complexity index is 1350. The molecule has 1 aromatic carbocycles. The molecule has 2 aliphatic rings. The van der Waals surface area contributed by atoms with Gasteiger partial charge in [0.05, 0.1) is 11.9 Å². The second-order valence-corrected chi connectivity index (χ2v) is 8.17. The number of piperidine rings is 1. The molecule has 0 bridgehead atoms. The second kappa shape index (κ2) is 7.30. The molecule has 1 atom stereocenters. The number of fused-ring (bicyclic) bond motifs is 1. The summed E-state index contributed by atoms with van der Waals surface area (Å²) in [5, 5.41) is 6.70. The van der Waals surface area contributed by atoms with Gasteiger partial charge in [-0.25, -0.2) is 0 Å². The number of carbonyl (C=O) groups excluding carboxylic acids is 3. The molecule has 0 aliphatic carbocycles. The summed E-state index contributed by atoms with van der Waals surface area (Å²) in [4.78, 5) is 50.4. The Balaban J connectivity index is 1.50. The molecule has 2 aromatic heterocycles. The molecule has 0 radical (unpaired) electrons. The smallest absolute Gasteiger partial charge is 0.255 e. The van der Waals surface area contributed by atoms with Gasteiger partial charge in [0.25, 0.3) is 11.5 Å². The SMILES string of the molecule is Cn1ncc(-c2ccc3c(c2)CN([C@H]2CCC(=O)NC2=O)C3=O)c1-c1ccn(C)c(=O)c1. The maximum Gasteiger partial charge on any atom is 0.255 e. The number of imide groups is 1. The molecule has 9 nitrogen and oxygen atoms in total. The first-order chi connectivity index (χ1) is 15.3. The summed E-state index contributed by atoms with van der Waals surface area (Å²) in [6.45, 7) is 0.301. The Kier molecular flexibility index (Phi) is 4.54. The van der Waals surface area contributed by atoms with E-state index in [2.05, 4.69) is 10.4 Å². The highest BCUT2D eigenvalue weighted by molar-refractivity contribution is 6.05. The lowest BCUT2D eigenvalue weighted by atomic mass is 9.98. The van der Waals surface area contributed by atoms with Gasteiger partial charge in [-0.05, 0) is 35.7 Å². The van der Waals surface area contributed by atoms with Gasteiger partial charge in [0.2, 0.25) is 11.8 Å². The average molecular weight is 431 g/mol. The van der Waals surface area contributed by atoms with Crippen molar-refractivity contribution in [3.8, 4) is 22.4 Å². The summed E-state index contributed by atoms with van der Waals surface area (Å²) in [6, 6.07) is 8.34. The second-order valence-electron chi connectivity index (χ2n) is 8.17. The molecule has 0 spiro atoms. The van der Waals surface area contributed by atoms with Crippen LogP contribution in [-0.2, 0) is 30.2 Å². The highest BCUT2D eigenvalue weighted by atomic mass is 16.2. The molecule has 2 aliphatic heterocycles. The van der Waals surface area contributed by atoms with Crippen LogP contribution < -0.4 is 10.9 Å². The van der Waals surface area contributed by atoms with Crippen molar-refractivity contribution in [2.24, 2.45) is 14.1 Å². The fourth-order valence-electron chi connectivity index (χ4n) is 4.43. The third-order valence-electron chi connectivity index (χ3n) is 6.15. The van der Waals surface area contributed by atoms with E-state index in [1.54, 1.807) is 36.3 Å². The quantitative estimate of drug-likeness (QED) is 0.628. The van der Waals surface area contributed by atoms with E-state index in [0.717, 1.165) is 27.9 Å². The molecule has 1 saturated heterocycles. The summed E-state index contributed by atoms with van der Waals surface area (Å²) in [6.07, 6.45) is 4.00. The van der Waals surface area contributed by atoms with Gasteiger partial charge in [0.1, 0.15) is 6.04 Å². The van der Waals surface area contributed by atoms with Crippen molar-refractivity contribution >= 4 is 17.7 Å². The topological polar surface area (TPSA) is 106 Å². The minimum atomic E-state index is -0.648. The minimum absolute atomic E-state index is 0.117. The number of aromatic nitrogens is 3. The van der Waals surface area contributed by atoms with E-state index in [9.17, 15) is 19.2 Å². The van der Waals surface area contributed by atoms with Gasteiger partial charge in [0.15, 0.2) is 0 Å². The van der Waals surface area contributed by atoms with Crippen molar-refractivity contribution in [3.05, 3.63) is 64.2 Å². The molecule has 1 N–H and O–H groups in total. The van der Waals surface area contributed by atoms with Gasteiger partial charge in [-0.1, -0.05) is 6.07 Å². The van der Waals surface area contributed by atoms with Gasteiger partial charge >= 0.3 is 0 Å². The summed E-state index contributed by atoms with van der Waals surface area (Å²) in [5.41, 5.74) is 4.52. The Morgan fingerprint density at radius 3 is 2.56 bits per heavy atom. The summed E-state index contributed by atoms with van der Waals surface area (Å²) >= 11 is 0. The maximum atomic E-state index is 12.9. The van der Waals surface area contributed by atoms with Crippen LogP contribution in [0.1, 0.15) is 28.8 Å².